The van der Waals surface area contributed by atoms with Crippen molar-refractivity contribution >= 4 is 52.0 Å². The van der Waals surface area contributed by atoms with Gasteiger partial charge in [-0.15, -0.1) is 22.9 Å². The summed E-state index contributed by atoms with van der Waals surface area (Å²) in [5, 5.41) is 16.1. The Morgan fingerprint density at radius 2 is 2.17 bits per heavy atom. The van der Waals surface area contributed by atoms with Crippen molar-refractivity contribution in [2.45, 2.75) is 31.4 Å². The van der Waals surface area contributed by atoms with E-state index in [2.05, 4.69) is 23.3 Å². The molecular formula is C24H25ClN4O3S3. The number of nitrogens with zero attached hydrogens (tertiary/aromatic N) is 3. The van der Waals surface area contributed by atoms with Crippen LogP contribution >= 0.6 is 34.7 Å². The van der Waals surface area contributed by atoms with Gasteiger partial charge in [0.05, 0.1) is 5.56 Å². The summed E-state index contributed by atoms with van der Waals surface area (Å²) in [5.41, 5.74) is 3.46. The number of hydrogen-bond acceptors (Lipinski definition) is 8. The first-order chi connectivity index (χ1) is 17.0. The Kier molecular flexibility index (Phi) is 11.2. The molecule has 3 rings (SSSR count). The highest BCUT2D eigenvalue weighted by Gasteiger charge is 2.19. The van der Waals surface area contributed by atoms with Gasteiger partial charge in [-0.05, 0) is 34.8 Å². The van der Waals surface area contributed by atoms with Crippen LogP contribution in [0.2, 0.25) is 0 Å². The van der Waals surface area contributed by atoms with E-state index in [0.717, 1.165) is 34.5 Å². The Balaban J connectivity index is 1.86. The molecule has 7 nitrogen and oxygen atoms in total. The van der Waals surface area contributed by atoms with E-state index in [1.54, 1.807) is 6.20 Å². The maximum absolute atomic E-state index is 12.4. The molecule has 0 saturated heterocycles. The van der Waals surface area contributed by atoms with E-state index in [4.69, 9.17) is 21.3 Å². The molecule has 0 bridgehead atoms. The van der Waals surface area contributed by atoms with Crippen molar-refractivity contribution in [2.75, 3.05) is 23.3 Å². The predicted octanol–water partition coefficient (Wildman–Crippen LogP) is 5.81. The summed E-state index contributed by atoms with van der Waals surface area (Å²) in [4.78, 5) is 20.7. The number of carbonyl (C=O) groups excluding carboxylic acids is 1. The van der Waals surface area contributed by atoms with Crippen LogP contribution in [0.15, 0.2) is 46.9 Å². The fourth-order valence-corrected chi connectivity index (χ4v) is 6.25. The SMILES string of the molecule is CCCC[S+]([O-])CSc1nc(-c2nccs2)cc(-c2ccc(COC(=O)NCCCl)cc2)c1C#N. The maximum Gasteiger partial charge on any atom is 0.407 e. The lowest BCUT2D eigenvalue weighted by molar-refractivity contribution is 0.140. The molecule has 0 spiro atoms. The van der Waals surface area contributed by atoms with E-state index in [0.29, 0.717) is 39.5 Å². The van der Waals surface area contributed by atoms with Crippen LogP contribution in [0.5, 0.6) is 0 Å². The van der Waals surface area contributed by atoms with Crippen LogP contribution in [-0.2, 0) is 22.5 Å². The van der Waals surface area contributed by atoms with Crippen LogP contribution in [0.3, 0.4) is 0 Å². The molecule has 0 aliphatic rings. The van der Waals surface area contributed by atoms with Crippen molar-refractivity contribution in [3.8, 4) is 27.9 Å². The molecule has 0 aliphatic heterocycles. The Bertz CT molecular complexity index is 1140. The van der Waals surface area contributed by atoms with Crippen molar-refractivity contribution < 1.29 is 14.1 Å². The monoisotopic (exact) mass is 548 g/mol. The number of thiazole rings is 1. The summed E-state index contributed by atoms with van der Waals surface area (Å²) in [6.45, 7) is 2.52. The molecule has 2 aromatic heterocycles. The van der Waals surface area contributed by atoms with E-state index in [9.17, 15) is 14.6 Å². The third-order valence-corrected chi connectivity index (χ3v) is 8.62. The molecule has 0 fully saturated rings. The molecule has 0 saturated carbocycles. The Labute approximate surface area is 221 Å². The molecule has 184 valence electrons. The molecule has 2 heterocycles. The summed E-state index contributed by atoms with van der Waals surface area (Å²) in [7, 11) is 0. The Hall–Kier alpha value is -2.29. The lowest BCUT2D eigenvalue weighted by atomic mass is 10.00. The minimum atomic E-state index is -0.990. The number of aromatic nitrogens is 2. The number of amides is 1. The van der Waals surface area contributed by atoms with E-state index in [-0.39, 0.29) is 6.61 Å². The van der Waals surface area contributed by atoms with Gasteiger partial charge >= 0.3 is 6.09 Å². The number of rotatable bonds is 12. The zero-order chi connectivity index (χ0) is 25.0. The highest BCUT2D eigenvalue weighted by Crippen LogP contribution is 2.35. The number of nitrogens with one attached hydrogen (secondary N) is 1. The van der Waals surface area contributed by atoms with E-state index < -0.39 is 17.3 Å². The Morgan fingerprint density at radius 3 is 2.83 bits per heavy atom. The second kappa shape index (κ2) is 14.3. The molecule has 1 atom stereocenters. The van der Waals surface area contributed by atoms with Crippen LogP contribution in [0.25, 0.3) is 21.8 Å². The van der Waals surface area contributed by atoms with Crippen molar-refractivity contribution in [2.24, 2.45) is 0 Å². The summed E-state index contributed by atoms with van der Waals surface area (Å²) in [6.07, 6.45) is 3.08. The van der Waals surface area contributed by atoms with Gasteiger partial charge < -0.3 is 14.6 Å². The van der Waals surface area contributed by atoms with Gasteiger partial charge in [0.25, 0.3) is 0 Å². The van der Waals surface area contributed by atoms with E-state index >= 15 is 0 Å². The average molecular weight is 549 g/mol. The van der Waals surface area contributed by atoms with E-state index in [1.807, 2.05) is 35.7 Å². The van der Waals surface area contributed by atoms with Gasteiger partial charge in [0.1, 0.15) is 34.2 Å². The van der Waals surface area contributed by atoms with Gasteiger partial charge in [-0.1, -0.05) is 49.4 Å². The van der Waals surface area contributed by atoms with Crippen LogP contribution < -0.4 is 5.32 Å². The third kappa shape index (κ3) is 8.12. The van der Waals surface area contributed by atoms with Gasteiger partial charge in [-0.2, -0.15) is 5.26 Å². The lowest BCUT2D eigenvalue weighted by Crippen LogP contribution is -2.25. The maximum atomic E-state index is 12.4. The highest BCUT2D eigenvalue weighted by molar-refractivity contribution is 8.12. The number of hydrogen-bond donors (Lipinski definition) is 1. The number of ether oxygens (including phenoxy) is 1. The van der Waals surface area contributed by atoms with Crippen LogP contribution in [0.4, 0.5) is 4.79 Å². The quantitative estimate of drug-likeness (QED) is 0.173. The number of benzene rings is 1. The smallest absolute Gasteiger partial charge is 0.407 e. The first-order valence-electron chi connectivity index (χ1n) is 10.9. The fourth-order valence-electron chi connectivity index (χ4n) is 3.04. The zero-order valence-corrected chi connectivity index (χ0v) is 22.4. The van der Waals surface area contributed by atoms with Crippen LogP contribution in [0.1, 0.15) is 30.9 Å². The molecule has 0 aliphatic carbocycles. The van der Waals surface area contributed by atoms with Gasteiger partial charge in [0, 0.05) is 29.6 Å². The molecular weight excluding hydrogens is 524 g/mol. The molecule has 3 aromatic rings. The summed E-state index contributed by atoms with van der Waals surface area (Å²) in [6, 6.07) is 11.6. The molecule has 1 unspecified atom stereocenters. The second-order valence-electron chi connectivity index (χ2n) is 7.33. The van der Waals surface area contributed by atoms with Crippen LogP contribution in [0, 0.1) is 11.3 Å². The largest absolute Gasteiger partial charge is 0.616 e. The number of alkyl halides is 1. The molecule has 1 aromatic carbocycles. The van der Waals surface area contributed by atoms with Crippen molar-refractivity contribution in [3.05, 3.63) is 53.0 Å². The van der Waals surface area contributed by atoms with Gasteiger partial charge in [0.15, 0.2) is 5.08 Å². The molecule has 1 amide bonds. The van der Waals surface area contributed by atoms with Crippen molar-refractivity contribution in [1.29, 1.82) is 5.26 Å². The van der Waals surface area contributed by atoms with Gasteiger partial charge in [-0.25, -0.2) is 14.8 Å². The minimum Gasteiger partial charge on any atom is -0.616 e. The summed E-state index contributed by atoms with van der Waals surface area (Å²) >= 11 is 7.37. The highest BCUT2D eigenvalue weighted by atomic mass is 35.5. The first-order valence-corrected chi connectivity index (χ1v) is 14.8. The van der Waals surface area contributed by atoms with E-state index in [1.165, 1.54) is 23.1 Å². The van der Waals surface area contributed by atoms with Crippen molar-refractivity contribution in [1.82, 2.24) is 15.3 Å². The lowest BCUT2D eigenvalue weighted by Gasteiger charge is -2.14. The molecule has 0 radical (unpaired) electrons. The fraction of sp³-hybridized carbons (Fsp3) is 0.333. The number of pyridine rings is 1. The molecule has 1 N–H and O–H groups in total. The normalized spacial score (nSPS) is 11.6. The molecule has 35 heavy (non-hydrogen) atoms. The number of carbonyl (C=O) groups is 1. The standard InChI is InChI=1S/C24H25ClN4O3S3/c1-2-3-12-35(31)16-34-22-20(14-26)19(13-21(29-22)23-27-10-11-33-23)18-6-4-17(5-7-18)15-32-24(30)28-9-8-25/h4-7,10-11,13H,2-3,8-9,12,15-16H2,1H3,(H,28,30). The third-order valence-electron chi connectivity index (χ3n) is 4.80. The topological polar surface area (TPSA) is 111 Å². The van der Waals surface area contributed by atoms with Crippen molar-refractivity contribution in [3.63, 3.8) is 0 Å². The summed E-state index contributed by atoms with van der Waals surface area (Å²) < 4.78 is 17.6. The minimum absolute atomic E-state index is 0.116. The van der Waals surface area contributed by atoms with Gasteiger partial charge in [-0.3, -0.25) is 0 Å². The molecule has 11 heteroatoms. The number of halogens is 1. The number of thioether (sulfide) groups is 1. The summed E-state index contributed by atoms with van der Waals surface area (Å²) in [5.74, 6) is 0.951. The number of alkyl carbamates (subject to hydrolysis) is 1. The van der Waals surface area contributed by atoms with Gasteiger partial charge in [0.2, 0.25) is 0 Å². The first kappa shape index (κ1) is 27.3. The van der Waals surface area contributed by atoms with Crippen LogP contribution in [-0.4, -0.2) is 43.9 Å². The number of unbranched alkanes of at least 4 members (excludes halogenated alkanes) is 1. The average Bonchev–Trinajstić information content (AvgIpc) is 3.43. The predicted molar refractivity (Wildman–Crippen MR) is 143 cm³/mol. The second-order valence-corrected chi connectivity index (χ2v) is 11.5. The zero-order valence-electron chi connectivity index (χ0n) is 19.2. The Morgan fingerprint density at radius 1 is 1.37 bits per heavy atom. The number of nitriles is 1.